The van der Waals surface area contributed by atoms with Crippen LogP contribution in [0.2, 0.25) is 0 Å². The molecule has 0 radical (unpaired) electrons. The summed E-state index contributed by atoms with van der Waals surface area (Å²) in [5, 5.41) is 0. The number of carbonyl (C=O) groups is 1. The number of ether oxygens (including phenoxy) is 2. The lowest BCUT2D eigenvalue weighted by atomic mass is 9.86. The maximum absolute atomic E-state index is 13.3. The highest BCUT2D eigenvalue weighted by atomic mass is 16.5. The van der Waals surface area contributed by atoms with Crippen molar-refractivity contribution < 1.29 is 14.3 Å². The molecule has 2 aliphatic rings. The fourth-order valence-electron chi connectivity index (χ4n) is 4.29. The second-order valence-electron chi connectivity index (χ2n) is 8.42. The smallest absolute Gasteiger partial charge is 0.185 e. The van der Waals surface area contributed by atoms with Crippen LogP contribution < -0.4 is 9.47 Å². The van der Waals surface area contributed by atoms with Gasteiger partial charge in [0.25, 0.3) is 0 Å². The minimum Gasteiger partial charge on any atom is -0.493 e. The summed E-state index contributed by atoms with van der Waals surface area (Å²) in [5.41, 5.74) is 3.72. The summed E-state index contributed by atoms with van der Waals surface area (Å²) in [7, 11) is 0. The van der Waals surface area contributed by atoms with Crippen molar-refractivity contribution >= 4 is 17.9 Å². The third-order valence-electron chi connectivity index (χ3n) is 6.03. The van der Waals surface area contributed by atoms with Gasteiger partial charge in [0, 0.05) is 22.3 Å². The average Bonchev–Trinajstić information content (AvgIpc) is 2.79. The van der Waals surface area contributed by atoms with Crippen LogP contribution in [0.15, 0.2) is 59.7 Å². The molecule has 2 aromatic rings. The quantitative estimate of drug-likeness (QED) is 0.463. The molecule has 0 aromatic heterocycles. The topological polar surface area (TPSA) is 35.5 Å². The van der Waals surface area contributed by atoms with Crippen LogP contribution in [0.1, 0.15) is 68.9 Å². The molecule has 1 aliphatic carbocycles. The van der Waals surface area contributed by atoms with Gasteiger partial charge in [0.15, 0.2) is 5.78 Å². The third-order valence-corrected chi connectivity index (χ3v) is 6.03. The van der Waals surface area contributed by atoms with Gasteiger partial charge in [0.2, 0.25) is 0 Å². The lowest BCUT2D eigenvalue weighted by Crippen LogP contribution is -2.12. The summed E-state index contributed by atoms with van der Waals surface area (Å²) in [6.45, 7) is 1.44. The molecule has 1 aliphatic heterocycles. The van der Waals surface area contributed by atoms with Gasteiger partial charge in [-0.3, -0.25) is 4.79 Å². The molecule has 162 valence electrons. The van der Waals surface area contributed by atoms with Gasteiger partial charge < -0.3 is 9.47 Å². The van der Waals surface area contributed by atoms with E-state index in [2.05, 4.69) is 0 Å². The van der Waals surface area contributed by atoms with Crippen LogP contribution in [0.5, 0.6) is 11.5 Å². The zero-order valence-corrected chi connectivity index (χ0v) is 18.3. The van der Waals surface area contributed by atoms with E-state index in [0.717, 1.165) is 79.1 Å². The summed E-state index contributed by atoms with van der Waals surface area (Å²) in [4.78, 5) is 13.3. The van der Waals surface area contributed by atoms with E-state index in [1.165, 1.54) is 25.7 Å². The van der Waals surface area contributed by atoms with Crippen molar-refractivity contribution in [1.82, 2.24) is 0 Å². The summed E-state index contributed by atoms with van der Waals surface area (Å²) < 4.78 is 12.2. The Hall–Kier alpha value is -2.81. The van der Waals surface area contributed by atoms with Gasteiger partial charge >= 0.3 is 0 Å². The second-order valence-corrected chi connectivity index (χ2v) is 8.42. The van der Waals surface area contributed by atoms with Crippen molar-refractivity contribution in [2.75, 3.05) is 13.2 Å². The highest BCUT2D eigenvalue weighted by Gasteiger charge is 2.21. The molecule has 0 unspecified atom stereocenters. The fraction of sp³-hybridized carbons (Fsp3) is 0.393. The Labute approximate surface area is 185 Å². The van der Waals surface area contributed by atoms with E-state index in [4.69, 9.17) is 9.47 Å². The van der Waals surface area contributed by atoms with Crippen LogP contribution in [0.25, 0.3) is 12.2 Å². The standard InChI is InChI=1S/C28H32O3/c29-28-24-14-11-15-25(28)21-23-13-6-8-17-27(23)31-19-10-4-2-1-3-9-18-30-26-16-7-5-12-22(26)20-24/h5-8,12-13,16-17,20-21H,1-4,9-11,14-15,18-19H2/b24-20+,25-21+. The first-order chi connectivity index (χ1) is 15.3. The summed E-state index contributed by atoms with van der Waals surface area (Å²) >= 11 is 0. The van der Waals surface area contributed by atoms with Gasteiger partial charge in [-0.25, -0.2) is 0 Å². The number of carbonyl (C=O) groups excluding carboxylic acids is 1. The Kier molecular flexibility index (Phi) is 7.60. The van der Waals surface area contributed by atoms with Gasteiger partial charge in [0.1, 0.15) is 11.5 Å². The van der Waals surface area contributed by atoms with Crippen molar-refractivity contribution in [2.45, 2.75) is 57.8 Å². The number of ketones is 1. The van der Waals surface area contributed by atoms with Crippen molar-refractivity contribution in [2.24, 2.45) is 0 Å². The number of Topliss-reactive ketones (excluding diaryl/α,β-unsaturated/α-hetero) is 1. The maximum Gasteiger partial charge on any atom is 0.185 e. The van der Waals surface area contributed by atoms with E-state index in [-0.39, 0.29) is 5.78 Å². The van der Waals surface area contributed by atoms with Crippen LogP contribution in [0.3, 0.4) is 0 Å². The lowest BCUT2D eigenvalue weighted by Gasteiger charge is -2.18. The molecule has 0 amide bonds. The molecule has 0 N–H and O–H groups in total. The molecule has 3 nitrogen and oxygen atoms in total. The second kappa shape index (κ2) is 11.0. The number of benzene rings is 2. The number of para-hydroxylation sites is 2. The number of hydrogen-bond acceptors (Lipinski definition) is 3. The molecule has 0 spiro atoms. The Morgan fingerprint density at radius 2 is 1.00 bits per heavy atom. The summed E-state index contributed by atoms with van der Waals surface area (Å²) in [6, 6.07) is 16.1. The van der Waals surface area contributed by atoms with Crippen LogP contribution in [0.4, 0.5) is 0 Å². The Morgan fingerprint density at radius 1 is 0.548 bits per heavy atom. The van der Waals surface area contributed by atoms with E-state index in [1.807, 2.05) is 60.7 Å². The maximum atomic E-state index is 13.3. The minimum atomic E-state index is 0.147. The monoisotopic (exact) mass is 416 g/mol. The molecule has 1 fully saturated rings. The molecule has 1 saturated carbocycles. The van der Waals surface area contributed by atoms with Crippen LogP contribution in [-0.2, 0) is 4.79 Å². The largest absolute Gasteiger partial charge is 0.493 e. The Bertz CT molecular complexity index is 879. The van der Waals surface area contributed by atoms with Crippen LogP contribution >= 0.6 is 0 Å². The molecule has 0 saturated heterocycles. The Balaban J connectivity index is 1.65. The molecule has 2 aromatic carbocycles. The summed E-state index contributed by atoms with van der Waals surface area (Å²) in [6.07, 6.45) is 13.6. The molecule has 4 rings (SSSR count). The van der Waals surface area contributed by atoms with E-state index in [0.29, 0.717) is 0 Å². The van der Waals surface area contributed by atoms with Gasteiger partial charge in [0.05, 0.1) is 13.2 Å². The van der Waals surface area contributed by atoms with E-state index < -0.39 is 0 Å². The van der Waals surface area contributed by atoms with E-state index >= 15 is 0 Å². The van der Waals surface area contributed by atoms with E-state index in [9.17, 15) is 4.79 Å². The molecule has 2 bridgehead atoms. The van der Waals surface area contributed by atoms with Crippen LogP contribution in [-0.4, -0.2) is 19.0 Å². The minimum absolute atomic E-state index is 0.147. The van der Waals surface area contributed by atoms with Crippen molar-refractivity contribution in [3.63, 3.8) is 0 Å². The first-order valence-electron chi connectivity index (χ1n) is 11.7. The predicted molar refractivity (Wildman–Crippen MR) is 126 cm³/mol. The number of allylic oxidation sites excluding steroid dienone is 2. The Morgan fingerprint density at radius 3 is 1.52 bits per heavy atom. The average molecular weight is 417 g/mol. The fourth-order valence-corrected chi connectivity index (χ4v) is 4.29. The molecule has 31 heavy (non-hydrogen) atoms. The van der Waals surface area contributed by atoms with Crippen molar-refractivity contribution in [3.8, 4) is 11.5 Å². The van der Waals surface area contributed by atoms with Gasteiger partial charge in [-0.15, -0.1) is 0 Å². The van der Waals surface area contributed by atoms with Crippen molar-refractivity contribution in [3.05, 3.63) is 70.8 Å². The number of fused-ring (bicyclic) bond motifs is 4. The predicted octanol–water partition coefficient (Wildman–Crippen LogP) is 7.02. The van der Waals surface area contributed by atoms with E-state index in [1.54, 1.807) is 0 Å². The molecule has 3 heteroatoms. The van der Waals surface area contributed by atoms with Crippen molar-refractivity contribution in [1.29, 1.82) is 0 Å². The first kappa shape index (κ1) is 21.4. The first-order valence-corrected chi connectivity index (χ1v) is 11.7. The molecule has 0 atom stereocenters. The molecular weight excluding hydrogens is 384 g/mol. The lowest BCUT2D eigenvalue weighted by molar-refractivity contribution is -0.112. The zero-order chi connectivity index (χ0) is 21.3. The third kappa shape index (κ3) is 5.88. The zero-order valence-electron chi connectivity index (χ0n) is 18.3. The normalized spacial score (nSPS) is 21.9. The number of rotatable bonds is 0. The summed E-state index contributed by atoms with van der Waals surface area (Å²) in [5.74, 6) is 1.89. The molecular formula is C28H32O3. The molecule has 1 heterocycles. The SMILES string of the molecule is O=C1/C2=C/c3ccccc3OCCCCCCCCOc3ccccc3/C=C/1CCC2. The van der Waals surface area contributed by atoms with Gasteiger partial charge in [-0.1, -0.05) is 62.1 Å². The van der Waals surface area contributed by atoms with Gasteiger partial charge in [-0.2, -0.15) is 0 Å². The highest BCUT2D eigenvalue weighted by Crippen LogP contribution is 2.32. The number of hydrogen-bond donors (Lipinski definition) is 0. The van der Waals surface area contributed by atoms with Crippen LogP contribution in [0, 0.1) is 0 Å². The highest BCUT2D eigenvalue weighted by molar-refractivity contribution is 6.14. The van der Waals surface area contributed by atoms with Gasteiger partial charge in [-0.05, 0) is 56.4 Å².